The molecule has 0 atom stereocenters. The van der Waals surface area contributed by atoms with Crippen LogP contribution < -0.4 is 0 Å². The zero-order valence-electron chi connectivity index (χ0n) is 13.0. The molecule has 0 radical (unpaired) electrons. The van der Waals surface area contributed by atoms with Crippen molar-refractivity contribution >= 4 is 33.0 Å². The van der Waals surface area contributed by atoms with Gasteiger partial charge in [-0.05, 0) is 30.3 Å². The van der Waals surface area contributed by atoms with Gasteiger partial charge < -0.3 is 0 Å². The molecule has 0 amide bonds. The molecule has 0 saturated carbocycles. The minimum absolute atomic E-state index is 0.152. The number of hydrogen-bond acceptors (Lipinski definition) is 5. The Morgan fingerprint density at radius 2 is 1.83 bits per heavy atom. The smallest absolute Gasteiger partial charge is 0.218 e. The summed E-state index contributed by atoms with van der Waals surface area (Å²) in [5.74, 6) is -0.152. The van der Waals surface area contributed by atoms with E-state index in [0.717, 1.165) is 18.1 Å². The zero-order chi connectivity index (χ0) is 17.3. The molecule has 0 spiro atoms. The number of aromatic nitrogens is 2. The van der Waals surface area contributed by atoms with Gasteiger partial charge in [-0.2, -0.15) is 22.0 Å². The summed E-state index contributed by atoms with van der Waals surface area (Å²) in [6, 6.07) is 16.9. The average Bonchev–Trinajstić information content (AvgIpc) is 2.94. The van der Waals surface area contributed by atoms with Crippen molar-refractivity contribution in [3.63, 3.8) is 0 Å². The first-order valence-electron chi connectivity index (χ1n) is 7.02. The molecule has 0 unspecified atom stereocenters. The SMILES string of the molecule is CN(C)S(=O)(=O)n1c(C#N)nc2ccc(Sc3ccccc3)cc21. The van der Waals surface area contributed by atoms with Gasteiger partial charge in [0.05, 0.1) is 11.0 Å². The molecule has 8 heteroatoms. The molecular formula is C16H14N4O2S2. The molecule has 1 aromatic heterocycles. The molecule has 0 saturated heterocycles. The summed E-state index contributed by atoms with van der Waals surface area (Å²) in [6.07, 6.45) is 0. The number of benzene rings is 2. The van der Waals surface area contributed by atoms with Gasteiger partial charge in [0.2, 0.25) is 5.82 Å². The second-order valence-electron chi connectivity index (χ2n) is 5.17. The first-order chi connectivity index (χ1) is 11.4. The second-order valence-corrected chi connectivity index (χ2v) is 8.31. The summed E-state index contributed by atoms with van der Waals surface area (Å²) >= 11 is 1.51. The normalized spacial score (nSPS) is 11.8. The van der Waals surface area contributed by atoms with Crippen molar-refractivity contribution in [3.05, 3.63) is 54.4 Å². The molecule has 0 fully saturated rings. The van der Waals surface area contributed by atoms with Gasteiger partial charge >= 0.3 is 10.2 Å². The van der Waals surface area contributed by atoms with E-state index < -0.39 is 10.2 Å². The summed E-state index contributed by atoms with van der Waals surface area (Å²) in [5, 5.41) is 9.25. The van der Waals surface area contributed by atoms with Gasteiger partial charge in [0.15, 0.2) is 0 Å². The number of imidazole rings is 1. The van der Waals surface area contributed by atoms with Gasteiger partial charge in [-0.3, -0.25) is 0 Å². The van der Waals surface area contributed by atoms with E-state index in [-0.39, 0.29) is 5.82 Å². The highest BCUT2D eigenvalue weighted by atomic mass is 32.2. The van der Waals surface area contributed by atoms with Crippen molar-refractivity contribution in [1.82, 2.24) is 13.3 Å². The molecule has 122 valence electrons. The van der Waals surface area contributed by atoms with Crippen molar-refractivity contribution < 1.29 is 8.42 Å². The Balaban J connectivity index is 2.17. The van der Waals surface area contributed by atoms with Crippen LogP contribution in [0.3, 0.4) is 0 Å². The van der Waals surface area contributed by atoms with Crippen LogP contribution in [0.15, 0.2) is 58.3 Å². The van der Waals surface area contributed by atoms with Gasteiger partial charge in [0.1, 0.15) is 6.07 Å². The highest BCUT2D eigenvalue weighted by Gasteiger charge is 2.24. The predicted octanol–water partition coefficient (Wildman–Crippen LogP) is 2.71. The summed E-state index contributed by atoms with van der Waals surface area (Å²) < 4.78 is 27.1. The van der Waals surface area contributed by atoms with Crippen molar-refractivity contribution in [2.24, 2.45) is 0 Å². The Hall–Kier alpha value is -2.34. The minimum atomic E-state index is -3.84. The fourth-order valence-corrected chi connectivity index (χ4v) is 4.08. The number of rotatable bonds is 4. The standard InChI is InChI=1S/C16H14N4O2S2/c1-19(2)24(21,22)20-15-10-13(23-12-6-4-3-5-7-12)8-9-14(15)18-16(20)11-17/h3-10H,1-2H3. The van der Waals surface area contributed by atoms with E-state index in [1.54, 1.807) is 12.1 Å². The fourth-order valence-electron chi connectivity index (χ4n) is 2.19. The van der Waals surface area contributed by atoms with E-state index in [1.165, 1.54) is 25.9 Å². The fraction of sp³-hybridized carbons (Fsp3) is 0.125. The third-order valence-electron chi connectivity index (χ3n) is 3.36. The Labute approximate surface area is 144 Å². The quantitative estimate of drug-likeness (QED) is 0.716. The number of hydrogen-bond donors (Lipinski definition) is 0. The van der Waals surface area contributed by atoms with E-state index in [2.05, 4.69) is 4.98 Å². The second kappa shape index (κ2) is 6.28. The molecule has 24 heavy (non-hydrogen) atoms. The maximum Gasteiger partial charge on any atom is 0.309 e. The topological polar surface area (TPSA) is 79.0 Å². The van der Waals surface area contributed by atoms with Gasteiger partial charge in [0, 0.05) is 23.9 Å². The van der Waals surface area contributed by atoms with E-state index in [9.17, 15) is 13.7 Å². The van der Waals surface area contributed by atoms with Crippen LogP contribution in [0.5, 0.6) is 0 Å². The number of nitrogens with zero attached hydrogens (tertiary/aromatic N) is 4. The molecule has 0 aliphatic carbocycles. The molecule has 3 aromatic rings. The predicted molar refractivity (Wildman–Crippen MR) is 93.0 cm³/mol. The average molecular weight is 358 g/mol. The van der Waals surface area contributed by atoms with Crippen LogP contribution in [-0.4, -0.2) is 35.8 Å². The molecule has 3 rings (SSSR count). The third kappa shape index (κ3) is 2.89. The first-order valence-corrected chi connectivity index (χ1v) is 9.23. The van der Waals surface area contributed by atoms with Gasteiger partial charge in [-0.15, -0.1) is 0 Å². The summed E-state index contributed by atoms with van der Waals surface area (Å²) in [4.78, 5) is 6.02. The van der Waals surface area contributed by atoms with Crippen LogP contribution in [0.2, 0.25) is 0 Å². The molecule has 0 aliphatic heterocycles. The van der Waals surface area contributed by atoms with Crippen LogP contribution >= 0.6 is 11.8 Å². The molecule has 2 aromatic carbocycles. The lowest BCUT2D eigenvalue weighted by Gasteiger charge is -2.13. The minimum Gasteiger partial charge on any atom is -0.218 e. The Bertz CT molecular complexity index is 1040. The van der Waals surface area contributed by atoms with Crippen LogP contribution in [0, 0.1) is 11.3 Å². The molecule has 6 nitrogen and oxygen atoms in total. The molecule has 0 aliphatic rings. The maximum absolute atomic E-state index is 12.5. The van der Waals surface area contributed by atoms with Crippen molar-refractivity contribution in [2.75, 3.05) is 14.1 Å². The molecule has 0 bridgehead atoms. The van der Waals surface area contributed by atoms with Gasteiger partial charge in [-0.25, -0.2) is 4.98 Å². The van der Waals surface area contributed by atoms with Crippen LogP contribution in [-0.2, 0) is 10.2 Å². The highest BCUT2D eigenvalue weighted by molar-refractivity contribution is 7.99. The molecule has 0 N–H and O–H groups in total. The first kappa shape index (κ1) is 16.5. The summed E-state index contributed by atoms with van der Waals surface area (Å²) in [7, 11) is -0.994. The zero-order valence-corrected chi connectivity index (χ0v) is 14.7. The maximum atomic E-state index is 12.5. The Kier molecular flexibility index (Phi) is 4.32. The van der Waals surface area contributed by atoms with Crippen molar-refractivity contribution in [2.45, 2.75) is 9.79 Å². The van der Waals surface area contributed by atoms with Crippen molar-refractivity contribution in [3.8, 4) is 6.07 Å². The molecule has 1 heterocycles. The summed E-state index contributed by atoms with van der Waals surface area (Å²) in [5.41, 5.74) is 0.857. The Morgan fingerprint density at radius 3 is 2.46 bits per heavy atom. The molecular weight excluding hydrogens is 344 g/mol. The van der Waals surface area contributed by atoms with E-state index in [1.807, 2.05) is 42.5 Å². The largest absolute Gasteiger partial charge is 0.309 e. The van der Waals surface area contributed by atoms with Gasteiger partial charge in [0.25, 0.3) is 0 Å². The lowest BCUT2D eigenvalue weighted by molar-refractivity contribution is 0.511. The summed E-state index contributed by atoms with van der Waals surface area (Å²) in [6.45, 7) is 0. The van der Waals surface area contributed by atoms with Crippen LogP contribution in [0.1, 0.15) is 5.82 Å². The number of nitriles is 1. The van der Waals surface area contributed by atoms with Gasteiger partial charge in [-0.1, -0.05) is 30.0 Å². The van der Waals surface area contributed by atoms with E-state index in [4.69, 9.17) is 0 Å². The van der Waals surface area contributed by atoms with Crippen molar-refractivity contribution in [1.29, 1.82) is 5.26 Å². The Morgan fingerprint density at radius 1 is 1.12 bits per heavy atom. The lowest BCUT2D eigenvalue weighted by atomic mass is 10.3. The van der Waals surface area contributed by atoms with E-state index >= 15 is 0 Å². The number of fused-ring (bicyclic) bond motifs is 1. The van der Waals surface area contributed by atoms with E-state index in [0.29, 0.717) is 11.0 Å². The van der Waals surface area contributed by atoms with Crippen LogP contribution in [0.4, 0.5) is 0 Å². The lowest BCUT2D eigenvalue weighted by Crippen LogP contribution is -2.29. The monoisotopic (exact) mass is 358 g/mol. The highest BCUT2D eigenvalue weighted by Crippen LogP contribution is 2.30. The third-order valence-corrected chi connectivity index (χ3v) is 6.11. The van der Waals surface area contributed by atoms with Crippen LogP contribution in [0.25, 0.3) is 11.0 Å².